The number of aromatic amines is 1. The van der Waals surface area contributed by atoms with Crippen LogP contribution in [0.5, 0.6) is 5.75 Å². The highest BCUT2D eigenvalue weighted by Gasteiger charge is 2.53. The van der Waals surface area contributed by atoms with Crippen molar-refractivity contribution in [2.75, 3.05) is 5.75 Å². The van der Waals surface area contributed by atoms with Gasteiger partial charge in [-0.3, -0.25) is 14.4 Å². The van der Waals surface area contributed by atoms with E-state index >= 15 is 0 Å². The van der Waals surface area contributed by atoms with Crippen molar-refractivity contribution in [2.24, 2.45) is 5.41 Å². The first kappa shape index (κ1) is 16.6. The molecule has 0 radical (unpaired) electrons. The zero-order chi connectivity index (χ0) is 17.5. The molecule has 0 unspecified atom stereocenters. The third-order valence-electron chi connectivity index (χ3n) is 4.07. The van der Waals surface area contributed by atoms with E-state index in [1.165, 1.54) is 6.07 Å². The van der Waals surface area contributed by atoms with Crippen LogP contribution in [0.4, 0.5) is 0 Å². The Bertz CT molecular complexity index is 873. The molecule has 0 amide bonds. The van der Waals surface area contributed by atoms with Crippen LogP contribution in [0.15, 0.2) is 34.1 Å². The van der Waals surface area contributed by atoms with Gasteiger partial charge in [-0.05, 0) is 6.07 Å². The van der Waals surface area contributed by atoms with E-state index < -0.39 is 29.7 Å². The number of thioether (sulfide) groups is 1. The number of phenolic OH excluding ortho intramolecular Hbond substituents is 1. The first-order chi connectivity index (χ1) is 11.3. The Labute approximate surface area is 144 Å². The molecule has 7 nitrogen and oxygen atoms in total. The number of carboxylic acid groups (broad SMARTS) is 2. The highest BCUT2D eigenvalue weighted by atomic mass is 32.2. The number of thiazole rings is 1. The average molecular weight is 367 g/mol. The molecule has 1 aliphatic rings. The summed E-state index contributed by atoms with van der Waals surface area (Å²) in [6.45, 7) is 0. The summed E-state index contributed by atoms with van der Waals surface area (Å²) in [6, 6.07) is 6.21. The number of nitrogens with one attached hydrogen (secondary N) is 1. The van der Waals surface area contributed by atoms with E-state index in [1.54, 1.807) is 18.2 Å². The van der Waals surface area contributed by atoms with Crippen molar-refractivity contribution in [1.29, 1.82) is 0 Å². The maximum atomic E-state index is 12.1. The van der Waals surface area contributed by atoms with Gasteiger partial charge in [0.15, 0.2) is 0 Å². The summed E-state index contributed by atoms with van der Waals surface area (Å²) in [5, 5.41) is 29.9. The van der Waals surface area contributed by atoms with Crippen molar-refractivity contribution in [1.82, 2.24) is 4.98 Å². The Morgan fingerprint density at radius 3 is 2.62 bits per heavy atom. The van der Waals surface area contributed by atoms with Gasteiger partial charge in [-0.1, -0.05) is 29.5 Å². The third-order valence-corrected chi connectivity index (χ3v) is 6.42. The van der Waals surface area contributed by atoms with E-state index in [2.05, 4.69) is 4.98 Å². The second-order valence-corrected chi connectivity index (χ2v) is 7.52. The molecule has 0 spiro atoms. The zero-order valence-electron chi connectivity index (χ0n) is 12.2. The second-order valence-electron chi connectivity index (χ2n) is 5.52. The molecule has 1 aromatic heterocycles. The number of hydrogen-bond donors (Lipinski definition) is 4. The van der Waals surface area contributed by atoms with E-state index in [9.17, 15) is 29.7 Å². The molecular formula is C15H13NO6S2. The molecular weight excluding hydrogens is 354 g/mol. The maximum Gasteiger partial charge on any atom is 0.312 e. The Morgan fingerprint density at radius 2 is 2.00 bits per heavy atom. The molecule has 4 N–H and O–H groups in total. The van der Waals surface area contributed by atoms with Crippen LogP contribution in [0, 0.1) is 5.41 Å². The smallest absolute Gasteiger partial charge is 0.312 e. The summed E-state index contributed by atoms with van der Waals surface area (Å²) < 4.78 is 0. The Balaban J connectivity index is 2.29. The first-order valence-electron chi connectivity index (χ1n) is 6.94. The normalized spacial score (nSPS) is 22.8. The highest BCUT2D eigenvalue weighted by Crippen LogP contribution is 2.55. The van der Waals surface area contributed by atoms with Crippen molar-refractivity contribution in [3.8, 4) is 5.75 Å². The lowest BCUT2D eigenvalue weighted by molar-refractivity contribution is -0.155. The second kappa shape index (κ2) is 5.99. The lowest BCUT2D eigenvalue weighted by atomic mass is 9.70. The predicted octanol–water partition coefficient (Wildman–Crippen LogP) is 1.93. The van der Waals surface area contributed by atoms with Gasteiger partial charge in [0.1, 0.15) is 5.75 Å². The number of H-pyrrole nitrogens is 1. The van der Waals surface area contributed by atoms with Gasteiger partial charge in [-0.2, -0.15) is 0 Å². The van der Waals surface area contributed by atoms with E-state index in [4.69, 9.17) is 0 Å². The lowest BCUT2D eigenvalue weighted by Crippen LogP contribution is -2.44. The summed E-state index contributed by atoms with van der Waals surface area (Å²) in [7, 11) is 0. The number of aliphatic carboxylic acids is 2. The number of hydrogen-bond acceptors (Lipinski definition) is 6. The number of aromatic hydroxyl groups is 1. The fourth-order valence-corrected chi connectivity index (χ4v) is 5.57. The molecule has 2 heterocycles. The Morgan fingerprint density at radius 1 is 1.29 bits per heavy atom. The SMILES string of the molecule is O=C(O)C[C@@]1(C(=O)O)CSc2[nH]c(=O)sc2[C@H]1c1ccccc1O. The first-order valence-corrected chi connectivity index (χ1v) is 8.74. The van der Waals surface area contributed by atoms with Gasteiger partial charge >= 0.3 is 16.8 Å². The van der Waals surface area contributed by atoms with E-state index in [0.717, 1.165) is 23.1 Å². The van der Waals surface area contributed by atoms with Gasteiger partial charge in [-0.15, -0.1) is 11.8 Å². The van der Waals surface area contributed by atoms with E-state index in [1.807, 2.05) is 0 Å². The van der Waals surface area contributed by atoms with Crippen molar-refractivity contribution in [3.05, 3.63) is 44.4 Å². The van der Waals surface area contributed by atoms with Crippen LogP contribution in [0.3, 0.4) is 0 Å². The topological polar surface area (TPSA) is 128 Å². The van der Waals surface area contributed by atoms with Crippen LogP contribution in [-0.4, -0.2) is 38.0 Å². The monoisotopic (exact) mass is 367 g/mol. The summed E-state index contributed by atoms with van der Waals surface area (Å²) in [4.78, 5) is 37.9. The molecule has 0 bridgehead atoms. The number of carboxylic acids is 2. The van der Waals surface area contributed by atoms with Gasteiger partial charge in [0, 0.05) is 22.1 Å². The number of benzene rings is 1. The molecule has 0 saturated carbocycles. The van der Waals surface area contributed by atoms with Gasteiger partial charge in [0.2, 0.25) is 0 Å². The molecule has 3 rings (SSSR count). The summed E-state index contributed by atoms with van der Waals surface area (Å²) in [5.74, 6) is -3.58. The van der Waals surface area contributed by atoms with Crippen molar-refractivity contribution < 1.29 is 24.9 Å². The Kier molecular flexibility index (Phi) is 4.14. The van der Waals surface area contributed by atoms with E-state index in [0.29, 0.717) is 15.5 Å². The fourth-order valence-electron chi connectivity index (χ4n) is 3.01. The zero-order valence-corrected chi connectivity index (χ0v) is 13.8. The summed E-state index contributed by atoms with van der Waals surface area (Å²) in [5.41, 5.74) is -1.36. The minimum absolute atomic E-state index is 0.0205. The minimum atomic E-state index is -1.66. The molecule has 126 valence electrons. The van der Waals surface area contributed by atoms with E-state index in [-0.39, 0.29) is 16.4 Å². The molecule has 0 aliphatic carbocycles. The minimum Gasteiger partial charge on any atom is -0.508 e. The van der Waals surface area contributed by atoms with Crippen molar-refractivity contribution >= 4 is 35.0 Å². The number of phenols is 1. The average Bonchev–Trinajstić information content (AvgIpc) is 2.87. The lowest BCUT2D eigenvalue weighted by Gasteiger charge is -2.39. The predicted molar refractivity (Wildman–Crippen MR) is 87.9 cm³/mol. The van der Waals surface area contributed by atoms with Crippen LogP contribution in [0.25, 0.3) is 0 Å². The number of aromatic nitrogens is 1. The maximum absolute atomic E-state index is 12.1. The molecule has 2 aromatic rings. The Hall–Kier alpha value is -2.26. The molecule has 9 heteroatoms. The molecule has 1 aliphatic heterocycles. The molecule has 0 saturated heterocycles. The van der Waals surface area contributed by atoms with Crippen molar-refractivity contribution in [3.63, 3.8) is 0 Å². The fraction of sp³-hybridized carbons (Fsp3) is 0.267. The van der Waals surface area contributed by atoms with Crippen molar-refractivity contribution in [2.45, 2.75) is 17.4 Å². The van der Waals surface area contributed by atoms with Gasteiger partial charge < -0.3 is 20.3 Å². The van der Waals surface area contributed by atoms with Crippen LogP contribution in [0.2, 0.25) is 0 Å². The number of rotatable bonds is 4. The number of para-hydroxylation sites is 1. The molecule has 1 aromatic carbocycles. The van der Waals surface area contributed by atoms with Gasteiger partial charge in [-0.25, -0.2) is 0 Å². The highest BCUT2D eigenvalue weighted by molar-refractivity contribution is 7.99. The quantitative estimate of drug-likeness (QED) is 0.650. The van der Waals surface area contributed by atoms with Crippen LogP contribution in [0.1, 0.15) is 22.8 Å². The molecule has 2 atom stereocenters. The number of fused-ring (bicyclic) bond motifs is 1. The summed E-state index contributed by atoms with van der Waals surface area (Å²) >= 11 is 1.97. The van der Waals surface area contributed by atoms with Crippen LogP contribution >= 0.6 is 23.1 Å². The largest absolute Gasteiger partial charge is 0.508 e. The van der Waals surface area contributed by atoms with Crippen LogP contribution < -0.4 is 4.87 Å². The van der Waals surface area contributed by atoms with Crippen LogP contribution in [-0.2, 0) is 9.59 Å². The third kappa shape index (κ3) is 2.59. The standard InChI is InChI=1S/C15H13NO6S2/c17-8-4-2-1-3-7(8)10-11-12(16-14(22)24-11)23-6-15(10,13(20)21)5-9(18)19/h1-4,10,17H,5-6H2,(H,16,22)(H,18,19)(H,20,21)/t10-,15-/m1/s1. The summed E-state index contributed by atoms with van der Waals surface area (Å²) in [6.07, 6.45) is -0.611. The number of carbonyl (C=O) groups is 2. The molecule has 24 heavy (non-hydrogen) atoms. The van der Waals surface area contributed by atoms with Gasteiger partial charge in [0.25, 0.3) is 0 Å². The van der Waals surface area contributed by atoms with Gasteiger partial charge in [0.05, 0.1) is 16.9 Å². The molecule has 0 fully saturated rings.